The van der Waals surface area contributed by atoms with E-state index in [1.165, 1.54) is 12.1 Å². The van der Waals surface area contributed by atoms with E-state index >= 15 is 0 Å². The summed E-state index contributed by atoms with van der Waals surface area (Å²) in [5.74, 6) is -0.333. The predicted molar refractivity (Wildman–Crippen MR) is 113 cm³/mol. The standard InChI is InChI=1S/C22H25ClFN3O2/c1-14(25-22(29)27-12-9-17-19(23)3-2-4-21(17)27)18-13-15(24)5-6-20(18)26-10-7-16(28)8-11-26/h2-6,13-14,16,28H,7-12H2,1H3,(H,25,29). The molecule has 1 atom stereocenters. The minimum atomic E-state index is -0.372. The first-order chi connectivity index (χ1) is 13.9. The SMILES string of the molecule is CC(NC(=O)N1CCc2c(Cl)cccc21)c1cc(F)ccc1N1CCC(O)CC1. The third-order valence-corrected chi connectivity index (χ3v) is 6.17. The highest BCUT2D eigenvalue weighted by atomic mass is 35.5. The van der Waals surface area contributed by atoms with Gasteiger partial charge in [-0.3, -0.25) is 4.90 Å². The number of carbonyl (C=O) groups is 1. The lowest BCUT2D eigenvalue weighted by molar-refractivity contribution is 0.145. The number of fused-ring (bicyclic) bond motifs is 1. The lowest BCUT2D eigenvalue weighted by atomic mass is 10.0. The average molecular weight is 418 g/mol. The summed E-state index contributed by atoms with van der Waals surface area (Å²) in [6.45, 7) is 3.85. The van der Waals surface area contributed by atoms with Gasteiger partial charge in [-0.1, -0.05) is 17.7 Å². The van der Waals surface area contributed by atoms with E-state index in [0.717, 1.165) is 28.9 Å². The highest BCUT2D eigenvalue weighted by Gasteiger charge is 2.28. The Balaban J connectivity index is 1.53. The Hall–Kier alpha value is -2.31. The van der Waals surface area contributed by atoms with Gasteiger partial charge < -0.3 is 15.3 Å². The zero-order valence-corrected chi connectivity index (χ0v) is 17.1. The number of hydrogen-bond acceptors (Lipinski definition) is 3. The first-order valence-corrected chi connectivity index (χ1v) is 10.4. The maximum Gasteiger partial charge on any atom is 0.322 e. The molecule has 2 N–H and O–H groups in total. The van der Waals surface area contributed by atoms with Crippen molar-refractivity contribution >= 4 is 29.0 Å². The minimum absolute atomic E-state index is 0.220. The number of carbonyl (C=O) groups excluding carboxylic acids is 1. The van der Waals surface area contributed by atoms with Crippen molar-refractivity contribution in [1.29, 1.82) is 0 Å². The number of nitrogens with zero attached hydrogens (tertiary/aromatic N) is 2. The predicted octanol–water partition coefficient (Wildman–Crippen LogP) is 4.27. The fraction of sp³-hybridized carbons (Fsp3) is 0.409. The van der Waals surface area contributed by atoms with Crippen molar-refractivity contribution in [3.05, 3.63) is 58.4 Å². The van der Waals surface area contributed by atoms with Crippen molar-refractivity contribution < 1.29 is 14.3 Å². The van der Waals surface area contributed by atoms with E-state index in [-0.39, 0.29) is 24.0 Å². The van der Waals surface area contributed by atoms with E-state index < -0.39 is 0 Å². The van der Waals surface area contributed by atoms with E-state index in [2.05, 4.69) is 10.2 Å². The van der Waals surface area contributed by atoms with Gasteiger partial charge in [0.25, 0.3) is 0 Å². The number of benzene rings is 2. The molecule has 2 aromatic rings. The third kappa shape index (κ3) is 4.05. The quantitative estimate of drug-likeness (QED) is 0.784. The van der Waals surface area contributed by atoms with Crippen molar-refractivity contribution in [3.8, 4) is 0 Å². The fourth-order valence-electron chi connectivity index (χ4n) is 4.21. The molecule has 0 aromatic heterocycles. The van der Waals surface area contributed by atoms with Gasteiger partial charge in [0.2, 0.25) is 0 Å². The van der Waals surface area contributed by atoms with Gasteiger partial charge in [0.15, 0.2) is 0 Å². The maximum absolute atomic E-state index is 14.0. The molecule has 2 aliphatic rings. The molecule has 0 radical (unpaired) electrons. The molecule has 1 saturated heterocycles. The molecular formula is C22H25ClFN3O2. The third-order valence-electron chi connectivity index (χ3n) is 5.82. The number of halogens is 2. The first kappa shape index (κ1) is 20.0. The van der Waals surface area contributed by atoms with Crippen molar-refractivity contribution in [2.24, 2.45) is 0 Å². The van der Waals surface area contributed by atoms with Gasteiger partial charge in [0.05, 0.1) is 17.8 Å². The van der Waals surface area contributed by atoms with Crippen molar-refractivity contribution in [2.75, 3.05) is 29.4 Å². The average Bonchev–Trinajstić information content (AvgIpc) is 3.14. The molecule has 1 unspecified atom stereocenters. The number of amides is 2. The second kappa shape index (κ2) is 8.20. The van der Waals surface area contributed by atoms with Crippen LogP contribution in [0, 0.1) is 5.82 Å². The molecule has 4 rings (SSSR count). The number of aliphatic hydroxyl groups is 1. The van der Waals surface area contributed by atoms with Gasteiger partial charge in [-0.2, -0.15) is 0 Å². The Morgan fingerprint density at radius 1 is 1.21 bits per heavy atom. The van der Waals surface area contributed by atoms with Crippen LogP contribution in [0.3, 0.4) is 0 Å². The van der Waals surface area contributed by atoms with Gasteiger partial charge in [0, 0.05) is 35.9 Å². The monoisotopic (exact) mass is 417 g/mol. The zero-order valence-electron chi connectivity index (χ0n) is 16.4. The number of anilines is 2. The lowest BCUT2D eigenvalue weighted by Gasteiger charge is -2.34. The van der Waals surface area contributed by atoms with Gasteiger partial charge >= 0.3 is 6.03 Å². The van der Waals surface area contributed by atoms with Crippen LogP contribution in [0.1, 0.15) is 36.9 Å². The van der Waals surface area contributed by atoms with Crippen LogP contribution in [0.2, 0.25) is 5.02 Å². The molecule has 0 bridgehead atoms. The Morgan fingerprint density at radius 3 is 2.72 bits per heavy atom. The Bertz CT molecular complexity index is 915. The number of nitrogens with one attached hydrogen (secondary N) is 1. The Kier molecular flexibility index (Phi) is 5.65. The van der Waals surface area contributed by atoms with Crippen LogP contribution in [0.25, 0.3) is 0 Å². The molecule has 1 fully saturated rings. The molecule has 7 heteroatoms. The summed E-state index contributed by atoms with van der Waals surface area (Å²) in [6, 6.07) is 9.66. The normalized spacial score (nSPS) is 17.9. The molecule has 2 heterocycles. The van der Waals surface area contributed by atoms with Crippen LogP contribution in [-0.2, 0) is 6.42 Å². The summed E-state index contributed by atoms with van der Waals surface area (Å²) >= 11 is 6.25. The van der Waals surface area contributed by atoms with Crippen molar-refractivity contribution in [2.45, 2.75) is 38.3 Å². The number of urea groups is 1. The zero-order chi connectivity index (χ0) is 20.5. The number of rotatable bonds is 3. The lowest BCUT2D eigenvalue weighted by Crippen LogP contribution is -2.41. The smallest absolute Gasteiger partial charge is 0.322 e. The summed E-state index contributed by atoms with van der Waals surface area (Å²) in [5, 5.41) is 13.5. The van der Waals surface area contributed by atoms with Gasteiger partial charge in [0.1, 0.15) is 5.82 Å². The van der Waals surface area contributed by atoms with E-state index in [0.29, 0.717) is 37.5 Å². The summed E-state index contributed by atoms with van der Waals surface area (Å²) in [7, 11) is 0. The summed E-state index contributed by atoms with van der Waals surface area (Å²) in [6.07, 6.45) is 1.80. The summed E-state index contributed by atoms with van der Waals surface area (Å²) in [5.41, 5.74) is 3.44. The Morgan fingerprint density at radius 2 is 1.97 bits per heavy atom. The molecule has 0 saturated carbocycles. The maximum atomic E-state index is 14.0. The van der Waals surface area contributed by atoms with Crippen LogP contribution in [0.5, 0.6) is 0 Å². The molecule has 29 heavy (non-hydrogen) atoms. The number of piperidine rings is 1. The fourth-order valence-corrected chi connectivity index (χ4v) is 4.47. The molecule has 2 aliphatic heterocycles. The van der Waals surface area contributed by atoms with E-state index in [9.17, 15) is 14.3 Å². The minimum Gasteiger partial charge on any atom is -0.393 e. The van der Waals surface area contributed by atoms with Gasteiger partial charge in [-0.05, 0) is 62.1 Å². The van der Waals surface area contributed by atoms with Crippen LogP contribution >= 0.6 is 11.6 Å². The topological polar surface area (TPSA) is 55.8 Å². The molecule has 2 amide bonds. The Labute approximate surface area is 175 Å². The molecule has 0 spiro atoms. The van der Waals surface area contributed by atoms with E-state index in [1.807, 2.05) is 25.1 Å². The highest BCUT2D eigenvalue weighted by molar-refractivity contribution is 6.32. The summed E-state index contributed by atoms with van der Waals surface area (Å²) < 4.78 is 14.0. The number of aliphatic hydroxyl groups excluding tert-OH is 1. The molecule has 0 aliphatic carbocycles. The molecular weight excluding hydrogens is 393 g/mol. The van der Waals surface area contributed by atoms with Gasteiger partial charge in [-0.25, -0.2) is 9.18 Å². The van der Waals surface area contributed by atoms with Crippen molar-refractivity contribution in [1.82, 2.24) is 5.32 Å². The van der Waals surface area contributed by atoms with E-state index in [1.54, 1.807) is 11.0 Å². The van der Waals surface area contributed by atoms with Crippen LogP contribution in [0.4, 0.5) is 20.6 Å². The molecule has 2 aromatic carbocycles. The van der Waals surface area contributed by atoms with Crippen molar-refractivity contribution in [3.63, 3.8) is 0 Å². The van der Waals surface area contributed by atoms with Crippen LogP contribution in [0.15, 0.2) is 36.4 Å². The second-order valence-electron chi connectivity index (χ2n) is 7.73. The molecule has 154 valence electrons. The van der Waals surface area contributed by atoms with Crippen LogP contribution < -0.4 is 15.1 Å². The van der Waals surface area contributed by atoms with E-state index in [4.69, 9.17) is 11.6 Å². The largest absolute Gasteiger partial charge is 0.393 e. The summed E-state index contributed by atoms with van der Waals surface area (Å²) in [4.78, 5) is 16.8. The van der Waals surface area contributed by atoms with Crippen LogP contribution in [-0.4, -0.2) is 36.9 Å². The highest BCUT2D eigenvalue weighted by Crippen LogP contribution is 2.34. The van der Waals surface area contributed by atoms with Gasteiger partial charge in [-0.15, -0.1) is 0 Å². The molecule has 5 nitrogen and oxygen atoms in total. The number of hydrogen-bond donors (Lipinski definition) is 2. The second-order valence-corrected chi connectivity index (χ2v) is 8.14. The first-order valence-electron chi connectivity index (χ1n) is 10.0.